The topological polar surface area (TPSA) is 55.1 Å². The maximum atomic E-state index is 13.6. The Kier molecular flexibility index (Phi) is 2.91. The van der Waals surface area contributed by atoms with Crippen LogP contribution in [0.4, 0.5) is 4.39 Å². The Balaban J connectivity index is 2.51. The van der Waals surface area contributed by atoms with E-state index in [2.05, 4.69) is 5.10 Å². The molecule has 0 amide bonds. The van der Waals surface area contributed by atoms with Crippen molar-refractivity contribution in [2.45, 2.75) is 6.42 Å². The lowest BCUT2D eigenvalue weighted by molar-refractivity contribution is -0.136. The van der Waals surface area contributed by atoms with Crippen molar-refractivity contribution in [3.63, 3.8) is 0 Å². The molecule has 0 aliphatic heterocycles. The molecular weight excluding hydrogens is 223 g/mol. The Morgan fingerprint density at radius 2 is 2.18 bits per heavy atom. The zero-order chi connectivity index (χ0) is 12.4. The smallest absolute Gasteiger partial charge is 0.307 e. The molecule has 1 heterocycles. The van der Waals surface area contributed by atoms with E-state index in [1.165, 1.54) is 10.7 Å². The van der Waals surface area contributed by atoms with Gasteiger partial charge in [0.15, 0.2) is 0 Å². The first-order chi connectivity index (χ1) is 8.08. The summed E-state index contributed by atoms with van der Waals surface area (Å²) in [7, 11) is 1.68. The number of hydrogen-bond donors (Lipinski definition) is 1. The van der Waals surface area contributed by atoms with Crippen LogP contribution in [0.15, 0.2) is 30.5 Å². The lowest BCUT2D eigenvalue weighted by Gasteiger charge is -2.01. The molecule has 2 rings (SSSR count). The molecule has 0 unspecified atom stereocenters. The van der Waals surface area contributed by atoms with Crippen LogP contribution in [-0.4, -0.2) is 20.9 Å². The summed E-state index contributed by atoms with van der Waals surface area (Å²) in [6, 6.07) is 6.19. The summed E-state index contributed by atoms with van der Waals surface area (Å²) in [6.45, 7) is 0. The average molecular weight is 234 g/mol. The number of aryl methyl sites for hydroxylation is 1. The first kappa shape index (κ1) is 11.3. The van der Waals surface area contributed by atoms with Gasteiger partial charge >= 0.3 is 5.97 Å². The number of aromatic nitrogens is 2. The fraction of sp³-hybridized carbons (Fsp3) is 0.167. The lowest BCUT2D eigenvalue weighted by Crippen LogP contribution is -2.00. The molecule has 0 aliphatic rings. The summed E-state index contributed by atoms with van der Waals surface area (Å²) < 4.78 is 15.1. The molecule has 4 nitrogen and oxygen atoms in total. The normalized spacial score (nSPS) is 10.5. The van der Waals surface area contributed by atoms with E-state index in [9.17, 15) is 9.18 Å². The molecule has 2 aromatic rings. The van der Waals surface area contributed by atoms with Crippen molar-refractivity contribution < 1.29 is 14.3 Å². The van der Waals surface area contributed by atoms with Gasteiger partial charge < -0.3 is 5.11 Å². The minimum Gasteiger partial charge on any atom is -0.481 e. The molecule has 0 bridgehead atoms. The summed E-state index contributed by atoms with van der Waals surface area (Å²) in [5.41, 5.74) is 1.21. The van der Waals surface area contributed by atoms with Crippen molar-refractivity contribution in [2.75, 3.05) is 0 Å². The first-order valence-corrected chi connectivity index (χ1v) is 5.07. The lowest BCUT2D eigenvalue weighted by atomic mass is 10.1. The SMILES string of the molecule is Cn1cc(CC(=O)O)c(-c2ccccc2F)n1. The summed E-state index contributed by atoms with van der Waals surface area (Å²) in [4.78, 5) is 10.7. The Morgan fingerprint density at radius 1 is 1.47 bits per heavy atom. The molecular formula is C12H11FN2O2. The fourth-order valence-electron chi connectivity index (χ4n) is 1.71. The zero-order valence-electron chi connectivity index (χ0n) is 9.22. The van der Waals surface area contributed by atoms with E-state index in [0.29, 0.717) is 16.8 Å². The number of nitrogens with zero attached hydrogens (tertiary/aromatic N) is 2. The standard InChI is InChI=1S/C12H11FN2O2/c1-15-7-8(6-11(16)17)12(14-15)9-4-2-3-5-10(9)13/h2-5,7H,6H2,1H3,(H,16,17). The molecule has 1 aromatic heterocycles. The number of benzene rings is 1. The fourth-order valence-corrected chi connectivity index (χ4v) is 1.71. The summed E-state index contributed by atoms with van der Waals surface area (Å²) in [5, 5.41) is 12.9. The van der Waals surface area contributed by atoms with E-state index < -0.39 is 11.8 Å². The van der Waals surface area contributed by atoms with Crippen LogP contribution in [0.3, 0.4) is 0 Å². The van der Waals surface area contributed by atoms with Crippen LogP contribution in [0.1, 0.15) is 5.56 Å². The Bertz CT molecular complexity index is 563. The first-order valence-electron chi connectivity index (χ1n) is 5.07. The minimum atomic E-state index is -0.962. The molecule has 0 atom stereocenters. The van der Waals surface area contributed by atoms with Crippen molar-refractivity contribution in [2.24, 2.45) is 7.05 Å². The Labute approximate surface area is 97.3 Å². The van der Waals surface area contributed by atoms with Gasteiger partial charge in [0, 0.05) is 24.4 Å². The maximum Gasteiger partial charge on any atom is 0.307 e. The highest BCUT2D eigenvalue weighted by Crippen LogP contribution is 2.24. The van der Waals surface area contributed by atoms with Gasteiger partial charge in [-0.15, -0.1) is 0 Å². The highest BCUT2D eigenvalue weighted by atomic mass is 19.1. The molecule has 0 radical (unpaired) electrons. The highest BCUT2D eigenvalue weighted by Gasteiger charge is 2.15. The number of carbonyl (C=O) groups is 1. The molecule has 0 spiro atoms. The second kappa shape index (κ2) is 4.37. The predicted molar refractivity (Wildman–Crippen MR) is 59.9 cm³/mol. The van der Waals surface area contributed by atoms with E-state index in [4.69, 9.17) is 5.11 Å². The molecule has 0 saturated heterocycles. The molecule has 0 aliphatic carbocycles. The molecule has 88 valence electrons. The number of carboxylic acid groups (broad SMARTS) is 1. The number of hydrogen-bond acceptors (Lipinski definition) is 2. The van der Waals surface area contributed by atoms with E-state index in [1.807, 2.05) is 0 Å². The van der Waals surface area contributed by atoms with Gasteiger partial charge in [0.05, 0.1) is 12.1 Å². The minimum absolute atomic E-state index is 0.169. The van der Waals surface area contributed by atoms with E-state index >= 15 is 0 Å². The molecule has 0 saturated carbocycles. The van der Waals surface area contributed by atoms with Crippen LogP contribution in [0.5, 0.6) is 0 Å². The van der Waals surface area contributed by atoms with Crippen LogP contribution in [0.25, 0.3) is 11.3 Å². The van der Waals surface area contributed by atoms with Gasteiger partial charge in [0.2, 0.25) is 0 Å². The van der Waals surface area contributed by atoms with Gasteiger partial charge in [-0.05, 0) is 12.1 Å². The zero-order valence-corrected chi connectivity index (χ0v) is 9.22. The van der Waals surface area contributed by atoms with E-state index in [1.54, 1.807) is 31.4 Å². The summed E-state index contributed by atoms with van der Waals surface area (Å²) in [6.07, 6.45) is 1.42. The highest BCUT2D eigenvalue weighted by molar-refractivity contribution is 5.74. The Morgan fingerprint density at radius 3 is 2.82 bits per heavy atom. The molecule has 1 aromatic carbocycles. The van der Waals surface area contributed by atoms with Gasteiger partial charge in [-0.25, -0.2) is 4.39 Å². The summed E-state index contributed by atoms with van der Waals surface area (Å²) in [5.74, 6) is -1.37. The van der Waals surface area contributed by atoms with Gasteiger partial charge in [0.1, 0.15) is 5.82 Å². The predicted octanol–water partition coefficient (Wildman–Crippen LogP) is 1.85. The third-order valence-corrected chi connectivity index (χ3v) is 2.38. The number of rotatable bonds is 3. The third-order valence-electron chi connectivity index (χ3n) is 2.38. The maximum absolute atomic E-state index is 13.6. The van der Waals surface area contributed by atoms with Crippen molar-refractivity contribution >= 4 is 5.97 Å². The molecule has 17 heavy (non-hydrogen) atoms. The molecule has 0 fully saturated rings. The summed E-state index contributed by atoms with van der Waals surface area (Å²) >= 11 is 0. The second-order valence-corrected chi connectivity index (χ2v) is 3.73. The van der Waals surface area contributed by atoms with Crippen LogP contribution in [0, 0.1) is 5.82 Å². The van der Waals surface area contributed by atoms with Crippen LogP contribution < -0.4 is 0 Å². The largest absolute Gasteiger partial charge is 0.481 e. The number of halogens is 1. The number of aliphatic carboxylic acids is 1. The molecule has 1 N–H and O–H groups in total. The third kappa shape index (κ3) is 2.33. The van der Waals surface area contributed by atoms with Gasteiger partial charge in [-0.3, -0.25) is 9.48 Å². The van der Waals surface area contributed by atoms with E-state index in [0.717, 1.165) is 0 Å². The van der Waals surface area contributed by atoms with Crippen molar-refractivity contribution in [1.29, 1.82) is 0 Å². The van der Waals surface area contributed by atoms with Crippen LogP contribution in [0.2, 0.25) is 0 Å². The number of carboxylic acids is 1. The monoisotopic (exact) mass is 234 g/mol. The van der Waals surface area contributed by atoms with Gasteiger partial charge in [-0.2, -0.15) is 5.10 Å². The Hall–Kier alpha value is -2.17. The van der Waals surface area contributed by atoms with Crippen molar-refractivity contribution in [1.82, 2.24) is 9.78 Å². The van der Waals surface area contributed by atoms with E-state index in [-0.39, 0.29) is 6.42 Å². The van der Waals surface area contributed by atoms with Crippen LogP contribution >= 0.6 is 0 Å². The second-order valence-electron chi connectivity index (χ2n) is 3.73. The van der Waals surface area contributed by atoms with Gasteiger partial charge in [0.25, 0.3) is 0 Å². The van der Waals surface area contributed by atoms with Gasteiger partial charge in [-0.1, -0.05) is 12.1 Å². The van der Waals surface area contributed by atoms with Crippen molar-refractivity contribution in [3.8, 4) is 11.3 Å². The van der Waals surface area contributed by atoms with Crippen LogP contribution in [-0.2, 0) is 18.3 Å². The average Bonchev–Trinajstić information content (AvgIpc) is 2.59. The quantitative estimate of drug-likeness (QED) is 0.881. The van der Waals surface area contributed by atoms with Crippen molar-refractivity contribution in [3.05, 3.63) is 41.8 Å². The molecule has 5 heteroatoms.